The molecule has 1 aromatic carbocycles. The summed E-state index contributed by atoms with van der Waals surface area (Å²) in [6.07, 6.45) is 0. The molecule has 0 saturated carbocycles. The van der Waals surface area contributed by atoms with Gasteiger partial charge in [0.05, 0.1) is 10.6 Å². The first-order valence-electron chi connectivity index (χ1n) is 6.17. The van der Waals surface area contributed by atoms with Crippen molar-refractivity contribution in [3.8, 4) is 11.3 Å². The number of non-ortho nitro benzene ring substituents is 1. The van der Waals surface area contributed by atoms with Gasteiger partial charge in [0.25, 0.3) is 11.2 Å². The summed E-state index contributed by atoms with van der Waals surface area (Å²) in [5, 5.41) is 10.8. The number of aromatic nitrogens is 1. The molecule has 1 aromatic heterocycles. The smallest absolute Gasteiger partial charge is 0.270 e. The van der Waals surface area contributed by atoms with E-state index < -0.39 is 4.92 Å². The molecule has 0 bridgehead atoms. The van der Waals surface area contributed by atoms with Gasteiger partial charge in [0, 0.05) is 35.6 Å². The molecular formula is C14H14N2O3S. The minimum Gasteiger partial charge on any atom is -0.308 e. The molecule has 0 N–H and O–H groups in total. The van der Waals surface area contributed by atoms with E-state index in [1.807, 2.05) is 6.92 Å². The van der Waals surface area contributed by atoms with Gasteiger partial charge in [0.15, 0.2) is 0 Å². The maximum atomic E-state index is 12.2. The first kappa shape index (κ1) is 14.3. The normalized spacial score (nSPS) is 10.5. The quantitative estimate of drug-likeness (QED) is 0.535. The molecule has 0 aliphatic heterocycles. The van der Waals surface area contributed by atoms with Crippen LogP contribution in [0.5, 0.6) is 0 Å². The third-order valence-electron chi connectivity index (χ3n) is 3.09. The van der Waals surface area contributed by atoms with Crippen LogP contribution in [-0.4, -0.2) is 9.49 Å². The Labute approximate surface area is 121 Å². The van der Waals surface area contributed by atoms with Crippen molar-refractivity contribution in [3.63, 3.8) is 0 Å². The lowest BCUT2D eigenvalue weighted by Gasteiger charge is -2.12. The molecule has 1 heterocycles. The molecule has 5 nitrogen and oxygen atoms in total. The standard InChI is InChI=1S/C14H14N2O3S/c1-2-15-13(7-6-11(9-20)14(15)17)10-4-3-5-12(8-10)16(18)19/h3-8,20H,2,9H2,1H3. The molecule has 0 spiro atoms. The lowest BCUT2D eigenvalue weighted by Crippen LogP contribution is -2.23. The molecule has 0 radical (unpaired) electrons. The Morgan fingerprint density at radius 1 is 1.30 bits per heavy atom. The van der Waals surface area contributed by atoms with Gasteiger partial charge in [-0.2, -0.15) is 12.6 Å². The fraction of sp³-hybridized carbons (Fsp3) is 0.214. The fourth-order valence-electron chi connectivity index (χ4n) is 2.09. The third kappa shape index (κ3) is 2.60. The van der Waals surface area contributed by atoms with Crippen LogP contribution in [0, 0.1) is 10.1 Å². The second-order valence-corrected chi connectivity index (χ2v) is 4.58. The Morgan fingerprint density at radius 2 is 2.05 bits per heavy atom. The van der Waals surface area contributed by atoms with Crippen molar-refractivity contribution in [1.82, 2.24) is 4.57 Å². The third-order valence-corrected chi connectivity index (χ3v) is 3.43. The first-order chi connectivity index (χ1) is 9.58. The van der Waals surface area contributed by atoms with Gasteiger partial charge in [0.1, 0.15) is 0 Å². The van der Waals surface area contributed by atoms with Crippen LogP contribution in [0.15, 0.2) is 41.2 Å². The van der Waals surface area contributed by atoms with Crippen LogP contribution in [0.3, 0.4) is 0 Å². The van der Waals surface area contributed by atoms with E-state index in [2.05, 4.69) is 12.6 Å². The van der Waals surface area contributed by atoms with Crippen molar-refractivity contribution >= 4 is 18.3 Å². The van der Waals surface area contributed by atoms with E-state index in [-0.39, 0.29) is 11.2 Å². The molecule has 0 atom stereocenters. The van der Waals surface area contributed by atoms with Gasteiger partial charge in [-0.3, -0.25) is 14.9 Å². The number of nitrogens with zero attached hydrogens (tertiary/aromatic N) is 2. The van der Waals surface area contributed by atoms with Gasteiger partial charge in [0.2, 0.25) is 0 Å². The fourth-order valence-corrected chi connectivity index (χ4v) is 2.33. The van der Waals surface area contributed by atoms with Crippen molar-refractivity contribution in [2.24, 2.45) is 0 Å². The summed E-state index contributed by atoms with van der Waals surface area (Å²) in [7, 11) is 0. The molecule has 104 valence electrons. The van der Waals surface area contributed by atoms with Gasteiger partial charge in [-0.15, -0.1) is 0 Å². The summed E-state index contributed by atoms with van der Waals surface area (Å²) in [6, 6.07) is 9.80. The number of benzene rings is 1. The van der Waals surface area contributed by atoms with Crippen LogP contribution in [0.1, 0.15) is 12.5 Å². The second-order valence-electron chi connectivity index (χ2n) is 4.26. The van der Waals surface area contributed by atoms with E-state index in [1.54, 1.807) is 28.8 Å². The van der Waals surface area contributed by atoms with Gasteiger partial charge in [-0.05, 0) is 13.0 Å². The van der Waals surface area contributed by atoms with E-state index in [9.17, 15) is 14.9 Å². The first-order valence-corrected chi connectivity index (χ1v) is 6.80. The van der Waals surface area contributed by atoms with Crippen LogP contribution >= 0.6 is 12.6 Å². The molecular weight excluding hydrogens is 276 g/mol. The molecule has 0 amide bonds. The zero-order valence-electron chi connectivity index (χ0n) is 10.9. The van der Waals surface area contributed by atoms with Crippen LogP contribution in [0.25, 0.3) is 11.3 Å². The predicted octanol–water partition coefficient (Wildman–Crippen LogP) is 2.87. The van der Waals surface area contributed by atoms with Gasteiger partial charge < -0.3 is 4.57 Å². The summed E-state index contributed by atoms with van der Waals surface area (Å²) in [6.45, 7) is 2.36. The molecule has 6 heteroatoms. The average Bonchev–Trinajstić information content (AvgIpc) is 2.47. The summed E-state index contributed by atoms with van der Waals surface area (Å²) in [5.41, 5.74) is 1.85. The largest absolute Gasteiger partial charge is 0.308 e. The van der Waals surface area contributed by atoms with Crippen LogP contribution in [-0.2, 0) is 12.3 Å². The Hall–Kier alpha value is -2.08. The highest BCUT2D eigenvalue weighted by molar-refractivity contribution is 7.79. The van der Waals surface area contributed by atoms with Crippen molar-refractivity contribution in [3.05, 3.63) is 62.4 Å². The number of nitro groups is 1. The Bertz CT molecular complexity index is 710. The van der Waals surface area contributed by atoms with Gasteiger partial charge >= 0.3 is 0 Å². The van der Waals surface area contributed by atoms with Crippen LogP contribution in [0.2, 0.25) is 0 Å². The predicted molar refractivity (Wildman–Crippen MR) is 81.2 cm³/mol. The Kier molecular flexibility index (Phi) is 4.24. The topological polar surface area (TPSA) is 65.1 Å². The Morgan fingerprint density at radius 3 is 2.65 bits per heavy atom. The molecule has 2 aromatic rings. The highest BCUT2D eigenvalue weighted by Gasteiger charge is 2.12. The maximum Gasteiger partial charge on any atom is 0.270 e. The van der Waals surface area contributed by atoms with E-state index in [1.165, 1.54) is 12.1 Å². The highest BCUT2D eigenvalue weighted by Crippen LogP contribution is 2.23. The summed E-state index contributed by atoms with van der Waals surface area (Å²) >= 11 is 4.13. The highest BCUT2D eigenvalue weighted by atomic mass is 32.1. The van der Waals surface area contributed by atoms with Crippen molar-refractivity contribution < 1.29 is 4.92 Å². The monoisotopic (exact) mass is 290 g/mol. The maximum absolute atomic E-state index is 12.2. The minimum absolute atomic E-state index is 0.0101. The zero-order chi connectivity index (χ0) is 14.7. The number of rotatable bonds is 4. The minimum atomic E-state index is -0.444. The summed E-state index contributed by atoms with van der Waals surface area (Å²) in [4.78, 5) is 22.6. The number of nitro benzene ring substituents is 1. The van der Waals surface area contributed by atoms with Crippen LogP contribution in [0.4, 0.5) is 5.69 Å². The van der Waals surface area contributed by atoms with E-state index in [0.29, 0.717) is 29.1 Å². The lowest BCUT2D eigenvalue weighted by atomic mass is 10.1. The average molecular weight is 290 g/mol. The number of hydrogen-bond acceptors (Lipinski definition) is 4. The van der Waals surface area contributed by atoms with Crippen molar-refractivity contribution in [2.75, 3.05) is 0 Å². The van der Waals surface area contributed by atoms with E-state index >= 15 is 0 Å². The molecule has 0 saturated heterocycles. The number of pyridine rings is 1. The van der Waals surface area contributed by atoms with Gasteiger partial charge in [-0.1, -0.05) is 18.2 Å². The Balaban J connectivity index is 2.64. The molecule has 0 aliphatic carbocycles. The van der Waals surface area contributed by atoms with E-state index in [4.69, 9.17) is 0 Å². The van der Waals surface area contributed by atoms with Crippen LogP contribution < -0.4 is 5.56 Å². The molecule has 0 fully saturated rings. The van der Waals surface area contributed by atoms with E-state index in [0.717, 1.165) is 0 Å². The number of hydrogen-bond donors (Lipinski definition) is 1. The zero-order valence-corrected chi connectivity index (χ0v) is 11.8. The molecule has 20 heavy (non-hydrogen) atoms. The molecule has 2 rings (SSSR count). The lowest BCUT2D eigenvalue weighted by molar-refractivity contribution is -0.384. The summed E-state index contributed by atoms with van der Waals surface area (Å²) < 4.78 is 1.60. The summed E-state index contributed by atoms with van der Waals surface area (Å²) in [5.74, 6) is 0.369. The van der Waals surface area contributed by atoms with Crippen molar-refractivity contribution in [2.45, 2.75) is 19.2 Å². The SMILES string of the molecule is CCn1c(-c2cccc([N+](=O)[O-])c2)ccc(CS)c1=O. The second kappa shape index (κ2) is 5.92. The molecule has 0 aliphatic rings. The van der Waals surface area contributed by atoms with Gasteiger partial charge in [-0.25, -0.2) is 0 Å². The van der Waals surface area contributed by atoms with Crippen molar-refractivity contribution in [1.29, 1.82) is 0 Å². The molecule has 0 unspecified atom stereocenters. The number of thiol groups is 1.